The molecular weight excluding hydrogens is 261 g/mol. The molecule has 110 valence electrons. The normalized spacial score (nSPS) is 18.8. The van der Waals surface area contributed by atoms with E-state index in [1.54, 1.807) is 12.1 Å². The SMILES string of the molecule is COC(=O)CN1CCC(C(O)c2ccc(F)cc2)CC1. The minimum Gasteiger partial charge on any atom is -0.468 e. The van der Waals surface area contributed by atoms with Crippen LogP contribution in [-0.4, -0.2) is 42.7 Å². The van der Waals surface area contributed by atoms with Crippen molar-refractivity contribution >= 4 is 5.97 Å². The molecule has 5 heteroatoms. The summed E-state index contributed by atoms with van der Waals surface area (Å²) in [7, 11) is 1.38. The van der Waals surface area contributed by atoms with Crippen molar-refractivity contribution in [3.8, 4) is 0 Å². The Labute approximate surface area is 118 Å². The average Bonchev–Trinajstić information content (AvgIpc) is 2.48. The third-order valence-corrected chi connectivity index (χ3v) is 3.87. The largest absolute Gasteiger partial charge is 0.468 e. The second kappa shape index (κ2) is 6.81. The van der Waals surface area contributed by atoms with Gasteiger partial charge < -0.3 is 9.84 Å². The molecule has 1 aliphatic rings. The number of hydrogen-bond acceptors (Lipinski definition) is 4. The maximum atomic E-state index is 12.9. The Kier molecular flexibility index (Phi) is 5.09. The molecule has 0 saturated carbocycles. The monoisotopic (exact) mass is 281 g/mol. The summed E-state index contributed by atoms with van der Waals surface area (Å²) < 4.78 is 17.5. The first-order chi connectivity index (χ1) is 9.60. The van der Waals surface area contributed by atoms with E-state index in [9.17, 15) is 14.3 Å². The summed E-state index contributed by atoms with van der Waals surface area (Å²) in [4.78, 5) is 13.2. The van der Waals surface area contributed by atoms with Crippen LogP contribution in [0, 0.1) is 11.7 Å². The van der Waals surface area contributed by atoms with Gasteiger partial charge in [-0.3, -0.25) is 9.69 Å². The molecule has 1 atom stereocenters. The highest BCUT2D eigenvalue weighted by atomic mass is 19.1. The molecule has 1 N–H and O–H groups in total. The number of aliphatic hydroxyl groups is 1. The number of piperidine rings is 1. The number of halogens is 1. The highest BCUT2D eigenvalue weighted by Gasteiger charge is 2.27. The maximum Gasteiger partial charge on any atom is 0.319 e. The van der Waals surface area contributed by atoms with Crippen LogP contribution in [0.1, 0.15) is 24.5 Å². The lowest BCUT2D eigenvalue weighted by Crippen LogP contribution is -2.39. The summed E-state index contributed by atoms with van der Waals surface area (Å²) in [6, 6.07) is 5.98. The van der Waals surface area contributed by atoms with Gasteiger partial charge in [-0.2, -0.15) is 0 Å². The molecule has 0 aromatic heterocycles. The number of carbonyl (C=O) groups is 1. The number of ether oxygens (including phenoxy) is 1. The molecule has 0 spiro atoms. The van der Waals surface area contributed by atoms with Crippen LogP contribution in [0.4, 0.5) is 4.39 Å². The van der Waals surface area contributed by atoms with Gasteiger partial charge in [0, 0.05) is 0 Å². The summed E-state index contributed by atoms with van der Waals surface area (Å²) >= 11 is 0. The second-order valence-electron chi connectivity index (χ2n) is 5.19. The van der Waals surface area contributed by atoms with E-state index in [2.05, 4.69) is 4.74 Å². The van der Waals surface area contributed by atoms with E-state index in [0.717, 1.165) is 31.5 Å². The first kappa shape index (κ1) is 14.9. The lowest BCUT2D eigenvalue weighted by Gasteiger charge is -2.33. The minimum absolute atomic E-state index is 0.148. The van der Waals surface area contributed by atoms with Gasteiger partial charge in [0.2, 0.25) is 0 Å². The van der Waals surface area contributed by atoms with Crippen molar-refractivity contribution in [3.63, 3.8) is 0 Å². The van der Waals surface area contributed by atoms with Crippen LogP contribution in [0.5, 0.6) is 0 Å². The van der Waals surface area contributed by atoms with Crippen LogP contribution >= 0.6 is 0 Å². The van der Waals surface area contributed by atoms with Crippen molar-refractivity contribution in [1.29, 1.82) is 0 Å². The molecule has 2 rings (SSSR count). The van der Waals surface area contributed by atoms with Crippen LogP contribution in [0.15, 0.2) is 24.3 Å². The summed E-state index contributed by atoms with van der Waals surface area (Å²) in [5.41, 5.74) is 0.748. The summed E-state index contributed by atoms with van der Waals surface area (Å²) in [5.74, 6) is -0.384. The van der Waals surface area contributed by atoms with E-state index in [4.69, 9.17) is 0 Å². The van der Waals surface area contributed by atoms with Crippen LogP contribution in [0.25, 0.3) is 0 Å². The van der Waals surface area contributed by atoms with Crippen molar-refractivity contribution in [2.24, 2.45) is 5.92 Å². The van der Waals surface area contributed by atoms with Crippen molar-refractivity contribution < 1.29 is 19.0 Å². The fraction of sp³-hybridized carbons (Fsp3) is 0.533. The zero-order valence-corrected chi connectivity index (χ0v) is 11.6. The number of aliphatic hydroxyl groups excluding tert-OH is 1. The van der Waals surface area contributed by atoms with E-state index in [-0.39, 0.29) is 17.7 Å². The van der Waals surface area contributed by atoms with Crippen LogP contribution in [0.2, 0.25) is 0 Å². The third-order valence-electron chi connectivity index (χ3n) is 3.87. The number of hydrogen-bond donors (Lipinski definition) is 1. The van der Waals surface area contributed by atoms with Gasteiger partial charge in [-0.1, -0.05) is 12.1 Å². The van der Waals surface area contributed by atoms with Crippen molar-refractivity contribution in [2.75, 3.05) is 26.7 Å². The fourth-order valence-corrected chi connectivity index (χ4v) is 2.61. The van der Waals surface area contributed by atoms with Gasteiger partial charge in [0.25, 0.3) is 0 Å². The second-order valence-corrected chi connectivity index (χ2v) is 5.19. The lowest BCUT2D eigenvalue weighted by atomic mass is 9.87. The third kappa shape index (κ3) is 3.77. The van der Waals surface area contributed by atoms with Crippen molar-refractivity contribution in [1.82, 2.24) is 4.90 Å². The van der Waals surface area contributed by atoms with Crippen molar-refractivity contribution in [2.45, 2.75) is 18.9 Å². The smallest absolute Gasteiger partial charge is 0.319 e. The van der Waals surface area contributed by atoms with Gasteiger partial charge in [0.1, 0.15) is 5.82 Å². The minimum atomic E-state index is -0.573. The fourth-order valence-electron chi connectivity index (χ4n) is 2.61. The molecule has 1 saturated heterocycles. The Morgan fingerprint density at radius 1 is 1.40 bits per heavy atom. The zero-order chi connectivity index (χ0) is 14.5. The lowest BCUT2D eigenvalue weighted by molar-refractivity contribution is -0.142. The Bertz CT molecular complexity index is 441. The number of benzene rings is 1. The quantitative estimate of drug-likeness (QED) is 0.854. The number of nitrogens with zero attached hydrogens (tertiary/aromatic N) is 1. The van der Waals surface area contributed by atoms with Gasteiger partial charge in [-0.05, 0) is 49.5 Å². The number of methoxy groups -OCH3 is 1. The van der Waals surface area contributed by atoms with Crippen molar-refractivity contribution in [3.05, 3.63) is 35.6 Å². The molecule has 0 aliphatic carbocycles. The molecule has 0 bridgehead atoms. The van der Waals surface area contributed by atoms with Gasteiger partial charge in [0.15, 0.2) is 0 Å². The summed E-state index contributed by atoms with van der Waals surface area (Å²) in [6.07, 6.45) is 1.06. The Morgan fingerprint density at radius 3 is 2.55 bits per heavy atom. The van der Waals surface area contributed by atoms with E-state index in [0.29, 0.717) is 6.54 Å². The predicted molar refractivity (Wildman–Crippen MR) is 72.5 cm³/mol. The molecular formula is C15H20FNO3. The number of carbonyl (C=O) groups excluding carboxylic acids is 1. The molecule has 1 fully saturated rings. The number of esters is 1. The van der Waals surface area contributed by atoms with Gasteiger partial charge in [-0.25, -0.2) is 4.39 Å². The number of likely N-dealkylation sites (tertiary alicyclic amines) is 1. The highest BCUT2D eigenvalue weighted by Crippen LogP contribution is 2.30. The van der Waals surface area contributed by atoms with E-state index in [1.807, 2.05) is 4.90 Å². The Morgan fingerprint density at radius 2 is 2.00 bits per heavy atom. The predicted octanol–water partition coefficient (Wildman–Crippen LogP) is 1.74. The molecule has 0 radical (unpaired) electrons. The first-order valence-electron chi connectivity index (χ1n) is 6.83. The number of rotatable bonds is 4. The van der Waals surface area contributed by atoms with E-state index >= 15 is 0 Å². The molecule has 1 aromatic rings. The maximum absolute atomic E-state index is 12.9. The summed E-state index contributed by atoms with van der Waals surface area (Å²) in [5, 5.41) is 10.3. The van der Waals surface area contributed by atoms with Crippen LogP contribution in [-0.2, 0) is 9.53 Å². The van der Waals surface area contributed by atoms with Crippen LogP contribution in [0.3, 0.4) is 0 Å². The highest BCUT2D eigenvalue weighted by molar-refractivity contribution is 5.71. The molecule has 4 nitrogen and oxygen atoms in total. The zero-order valence-electron chi connectivity index (χ0n) is 11.6. The Balaban J connectivity index is 1.87. The van der Waals surface area contributed by atoms with Gasteiger partial charge in [0.05, 0.1) is 19.8 Å². The molecule has 0 amide bonds. The molecule has 1 unspecified atom stereocenters. The standard InChI is InChI=1S/C15H20FNO3/c1-20-14(18)10-17-8-6-12(7-9-17)15(19)11-2-4-13(16)5-3-11/h2-5,12,15,19H,6-10H2,1H3. The Hall–Kier alpha value is -1.46. The van der Waals surface area contributed by atoms with Gasteiger partial charge >= 0.3 is 5.97 Å². The topological polar surface area (TPSA) is 49.8 Å². The molecule has 1 aliphatic heterocycles. The molecule has 1 aromatic carbocycles. The summed E-state index contributed by atoms with van der Waals surface area (Å²) in [6.45, 7) is 1.83. The molecule has 1 heterocycles. The van der Waals surface area contributed by atoms with E-state index in [1.165, 1.54) is 19.2 Å². The average molecular weight is 281 g/mol. The van der Waals surface area contributed by atoms with Gasteiger partial charge in [-0.15, -0.1) is 0 Å². The molecule has 20 heavy (non-hydrogen) atoms. The van der Waals surface area contributed by atoms with E-state index < -0.39 is 6.10 Å². The van der Waals surface area contributed by atoms with Crippen LogP contribution < -0.4 is 0 Å². The first-order valence-corrected chi connectivity index (χ1v) is 6.83.